The van der Waals surface area contributed by atoms with E-state index in [-0.39, 0.29) is 50.8 Å². The molecule has 1 fully saturated rings. The first-order chi connectivity index (χ1) is 21.5. The van der Waals surface area contributed by atoms with Crippen molar-refractivity contribution in [3.8, 4) is 5.75 Å². The Kier molecular flexibility index (Phi) is 15.5. The summed E-state index contributed by atoms with van der Waals surface area (Å²) in [5.41, 5.74) is 8.51. The maximum atomic E-state index is 13.2. The zero-order chi connectivity index (χ0) is 33.4. The van der Waals surface area contributed by atoms with Crippen molar-refractivity contribution in [3.05, 3.63) is 39.8 Å². The molecule has 1 amide bonds. The van der Waals surface area contributed by atoms with E-state index >= 15 is 0 Å². The van der Waals surface area contributed by atoms with Gasteiger partial charge in [-0.2, -0.15) is 0 Å². The number of aliphatic hydroxyl groups is 1. The fourth-order valence-electron chi connectivity index (χ4n) is 4.06. The minimum absolute atomic E-state index is 0.0688. The lowest BCUT2D eigenvalue weighted by Gasteiger charge is -2.43. The van der Waals surface area contributed by atoms with E-state index < -0.39 is 67.1 Å². The average Bonchev–Trinajstić information content (AvgIpc) is 2.99. The van der Waals surface area contributed by atoms with Crippen molar-refractivity contribution in [3.63, 3.8) is 0 Å². The molecule has 2 rings (SSSR count). The highest BCUT2D eigenvalue weighted by atomic mass is 16.7. The van der Waals surface area contributed by atoms with Gasteiger partial charge in [0.15, 0.2) is 18.3 Å². The summed E-state index contributed by atoms with van der Waals surface area (Å²) in [7, 11) is 1.05. The number of nitrogens with one attached hydrogen (secondary N) is 1. The first-order valence-corrected chi connectivity index (χ1v) is 13.6. The molecule has 18 heteroatoms. The van der Waals surface area contributed by atoms with Crippen LogP contribution in [0.15, 0.2) is 23.3 Å². The smallest absolute Gasteiger partial charge is 0.339 e. The van der Waals surface area contributed by atoms with Crippen molar-refractivity contribution in [1.82, 2.24) is 5.32 Å². The van der Waals surface area contributed by atoms with Gasteiger partial charge in [-0.1, -0.05) is 11.2 Å². The number of carbonyl (C=O) groups excluding carboxylic acids is 5. The van der Waals surface area contributed by atoms with Gasteiger partial charge in [-0.15, -0.1) is 0 Å². The van der Waals surface area contributed by atoms with E-state index in [1.165, 1.54) is 18.2 Å². The molecule has 0 spiro atoms. The third-order valence-electron chi connectivity index (χ3n) is 5.85. The summed E-state index contributed by atoms with van der Waals surface area (Å²) in [6.45, 7) is 3.82. The number of methoxy groups -OCH3 is 1. The number of hydrogen-bond acceptors (Lipinski definition) is 15. The summed E-state index contributed by atoms with van der Waals surface area (Å²) in [5, 5.41) is 15.6. The molecular weight excluding hydrogens is 604 g/mol. The Morgan fingerprint density at radius 1 is 0.933 bits per heavy atom. The van der Waals surface area contributed by atoms with Gasteiger partial charge in [-0.05, 0) is 23.2 Å². The van der Waals surface area contributed by atoms with Crippen LogP contribution in [-0.4, -0.2) is 112 Å². The number of azide groups is 1. The third kappa shape index (κ3) is 11.8. The second-order valence-electron chi connectivity index (χ2n) is 9.21. The predicted molar refractivity (Wildman–Crippen MR) is 148 cm³/mol. The number of ether oxygens (including phenoxy) is 8. The average molecular weight is 641 g/mol. The Morgan fingerprint density at radius 2 is 1.56 bits per heavy atom. The van der Waals surface area contributed by atoms with Crippen molar-refractivity contribution in [2.45, 2.75) is 58.1 Å². The molecule has 45 heavy (non-hydrogen) atoms. The Bertz CT molecular complexity index is 1240. The van der Waals surface area contributed by atoms with E-state index in [4.69, 9.17) is 43.4 Å². The zero-order valence-electron chi connectivity index (χ0n) is 25.2. The van der Waals surface area contributed by atoms with Gasteiger partial charge in [0.05, 0.1) is 45.7 Å². The lowest BCUT2D eigenvalue weighted by atomic mass is 9.97. The van der Waals surface area contributed by atoms with Gasteiger partial charge < -0.3 is 48.3 Å². The Morgan fingerprint density at radius 3 is 2.16 bits per heavy atom. The number of rotatable bonds is 17. The van der Waals surface area contributed by atoms with Crippen molar-refractivity contribution in [2.75, 3.05) is 46.6 Å². The fraction of sp³-hybridized carbons (Fsp3) is 0.593. The third-order valence-corrected chi connectivity index (χ3v) is 5.85. The van der Waals surface area contributed by atoms with Gasteiger partial charge in [0.2, 0.25) is 12.4 Å². The molecule has 1 heterocycles. The zero-order valence-corrected chi connectivity index (χ0v) is 25.2. The van der Waals surface area contributed by atoms with Crippen LogP contribution in [0.25, 0.3) is 10.4 Å². The number of benzene rings is 1. The van der Waals surface area contributed by atoms with E-state index in [1.54, 1.807) is 0 Å². The first kappa shape index (κ1) is 36.7. The molecule has 0 unspecified atom stereocenters. The monoisotopic (exact) mass is 640 g/mol. The topological polar surface area (TPSA) is 240 Å². The standard InChI is InChI=1S/C27H36N4O14/c1-15(33)41-21-22(42-16(2)34)24(43-17(3)35)27(45-23(21)26(37)38-4)44-20-6-5-18(14-32)13-19(20)25(36)29-7-9-39-11-12-40-10-8-30-31-28/h5-6,13,21-24,27,32H,7-12,14H2,1-4H3,(H,29,36)/t21-,22-,23-,24+,27+/m0/s1. The molecule has 0 aliphatic carbocycles. The van der Waals surface area contributed by atoms with E-state index in [0.717, 1.165) is 27.9 Å². The van der Waals surface area contributed by atoms with Crippen LogP contribution >= 0.6 is 0 Å². The van der Waals surface area contributed by atoms with Gasteiger partial charge >= 0.3 is 23.9 Å². The van der Waals surface area contributed by atoms with Crippen LogP contribution in [0.5, 0.6) is 5.75 Å². The summed E-state index contributed by atoms with van der Waals surface area (Å²) in [5.74, 6) is -4.39. The maximum Gasteiger partial charge on any atom is 0.339 e. The molecule has 18 nitrogen and oxygen atoms in total. The molecule has 1 aliphatic rings. The number of amides is 1. The quantitative estimate of drug-likeness (QED) is 0.0582. The Labute approximate surface area is 257 Å². The normalized spacial score (nSPS) is 20.6. The number of aliphatic hydroxyl groups excluding tert-OH is 1. The van der Waals surface area contributed by atoms with E-state index in [0.29, 0.717) is 5.56 Å². The van der Waals surface area contributed by atoms with Crippen LogP contribution in [0, 0.1) is 0 Å². The van der Waals surface area contributed by atoms with Crippen LogP contribution in [0.2, 0.25) is 0 Å². The summed E-state index contributed by atoms with van der Waals surface area (Å²) in [6, 6.07) is 4.13. The molecule has 0 bridgehead atoms. The number of nitrogens with zero attached hydrogens (tertiary/aromatic N) is 3. The molecule has 0 radical (unpaired) electrons. The predicted octanol–water partition coefficient (Wildman–Crippen LogP) is 0.324. The minimum atomic E-state index is -1.70. The first-order valence-electron chi connectivity index (χ1n) is 13.6. The van der Waals surface area contributed by atoms with Crippen molar-refractivity contribution >= 4 is 29.8 Å². The van der Waals surface area contributed by atoms with Crippen LogP contribution < -0.4 is 10.1 Å². The van der Waals surface area contributed by atoms with Crippen molar-refractivity contribution in [2.24, 2.45) is 5.11 Å². The Balaban J connectivity index is 2.29. The van der Waals surface area contributed by atoms with Crippen molar-refractivity contribution < 1.29 is 67.0 Å². The maximum absolute atomic E-state index is 13.2. The van der Waals surface area contributed by atoms with E-state index in [1.807, 2.05) is 0 Å². The van der Waals surface area contributed by atoms with Gasteiger partial charge in [0.25, 0.3) is 5.91 Å². The number of esters is 4. The molecule has 1 aromatic rings. The molecule has 1 saturated heterocycles. The molecule has 2 N–H and O–H groups in total. The SMILES string of the molecule is COC(=O)[C@H]1O[C@@H](Oc2ccc(CO)cc2C(=O)NCCOCCOCCN=[N+]=[N-])[C@H](OC(C)=O)[C@@H](OC(C)=O)[C@@H]1OC(C)=O. The molecule has 1 aromatic carbocycles. The lowest BCUT2D eigenvalue weighted by molar-refractivity contribution is -0.282. The van der Waals surface area contributed by atoms with Gasteiger partial charge in [0, 0.05) is 38.8 Å². The largest absolute Gasteiger partial charge is 0.467 e. The van der Waals surface area contributed by atoms with Gasteiger partial charge in [-0.25, -0.2) is 4.79 Å². The van der Waals surface area contributed by atoms with E-state index in [2.05, 4.69) is 15.3 Å². The Hall–Kier alpha value is -4.48. The minimum Gasteiger partial charge on any atom is -0.467 e. The van der Waals surface area contributed by atoms with Crippen LogP contribution in [0.3, 0.4) is 0 Å². The summed E-state index contributed by atoms with van der Waals surface area (Å²) in [4.78, 5) is 64.4. The molecule has 248 valence electrons. The molecule has 5 atom stereocenters. The molecule has 0 saturated carbocycles. The second kappa shape index (κ2) is 19.0. The highest BCUT2D eigenvalue weighted by Gasteiger charge is 2.56. The van der Waals surface area contributed by atoms with Crippen LogP contribution in [-0.2, 0) is 58.9 Å². The molecule has 0 aromatic heterocycles. The summed E-state index contributed by atoms with van der Waals surface area (Å²) >= 11 is 0. The second-order valence-corrected chi connectivity index (χ2v) is 9.21. The van der Waals surface area contributed by atoms with Crippen LogP contribution in [0.1, 0.15) is 36.7 Å². The van der Waals surface area contributed by atoms with Gasteiger partial charge in [0.1, 0.15) is 5.75 Å². The van der Waals surface area contributed by atoms with Crippen LogP contribution in [0.4, 0.5) is 0 Å². The highest BCUT2D eigenvalue weighted by Crippen LogP contribution is 2.32. The van der Waals surface area contributed by atoms with Crippen molar-refractivity contribution in [1.29, 1.82) is 0 Å². The highest BCUT2D eigenvalue weighted by molar-refractivity contribution is 5.97. The number of hydrogen-bond donors (Lipinski definition) is 2. The number of carbonyl (C=O) groups is 5. The van der Waals surface area contributed by atoms with E-state index in [9.17, 15) is 29.1 Å². The lowest BCUT2D eigenvalue weighted by Crippen LogP contribution is -2.64. The molecule has 1 aliphatic heterocycles. The fourth-order valence-corrected chi connectivity index (χ4v) is 4.06. The summed E-state index contributed by atoms with van der Waals surface area (Å²) in [6.07, 6.45) is -8.17. The van der Waals surface area contributed by atoms with Gasteiger partial charge in [-0.3, -0.25) is 19.2 Å². The summed E-state index contributed by atoms with van der Waals surface area (Å²) < 4.78 is 43.0. The molecular formula is C27H36N4O14.